The van der Waals surface area contributed by atoms with Gasteiger partial charge in [0.05, 0.1) is 0 Å². The molecule has 4 heteroatoms. The molecule has 0 heterocycles. The fourth-order valence-electron chi connectivity index (χ4n) is 7.67. The van der Waals surface area contributed by atoms with Gasteiger partial charge in [-0.2, -0.15) is 12.1 Å². The second-order valence-corrected chi connectivity index (χ2v) is 15.1. The molecule has 0 nitrogen and oxygen atoms in total. The maximum atomic E-state index is 3.06. The third-order valence-corrected chi connectivity index (χ3v) is 10.6. The third-order valence-electron chi connectivity index (χ3n) is 10.6. The minimum atomic E-state index is 0. The SMILES string of the molecule is CCCC(C)c1cc2c(-c3ccc(C(C)(C)C)cc3)cccc2[cH-]1.CCc1cc2c(-c3ccc(C4CCCCC4)cc3)cccc2[cH-]1.Cl.Cl.[CH3-].[CH3-].[Si]=[Zr]. The van der Waals surface area contributed by atoms with E-state index in [2.05, 4.69) is 158 Å². The van der Waals surface area contributed by atoms with E-state index < -0.39 is 0 Å². The van der Waals surface area contributed by atoms with Crippen LogP contribution in [-0.4, -0.2) is 6.88 Å². The zero-order valence-corrected chi connectivity index (χ0v) is 38.6. The minimum absolute atomic E-state index is 0. The number of hydrogen-bond donors (Lipinski definition) is 0. The van der Waals surface area contributed by atoms with Crippen LogP contribution in [0.5, 0.6) is 0 Å². The molecule has 0 saturated heterocycles. The molecule has 1 atom stereocenters. The topological polar surface area (TPSA) is 0 Å². The van der Waals surface area contributed by atoms with Crippen molar-refractivity contribution in [3.05, 3.63) is 146 Å². The number of halogens is 2. The number of fused-ring (bicyclic) bond motifs is 2. The fraction of sp³-hybridized carbons (Fsp3) is 0.347. The molecule has 7 rings (SSSR count). The molecule has 284 valence electrons. The van der Waals surface area contributed by atoms with Crippen LogP contribution < -0.4 is 0 Å². The average molecular weight is 841 g/mol. The Morgan fingerprint density at radius 3 is 1.72 bits per heavy atom. The normalized spacial score (nSPS) is 13.1. The van der Waals surface area contributed by atoms with E-state index in [9.17, 15) is 0 Å². The molecule has 2 radical (unpaired) electrons. The van der Waals surface area contributed by atoms with Crippen LogP contribution >= 0.6 is 24.8 Å². The molecular weight excluding hydrogens is 779 g/mol. The zero-order chi connectivity index (χ0) is 35.0. The molecule has 0 bridgehead atoms. The van der Waals surface area contributed by atoms with Gasteiger partial charge in [0, 0.05) is 0 Å². The van der Waals surface area contributed by atoms with Crippen molar-refractivity contribution in [3.63, 3.8) is 0 Å². The second-order valence-electron chi connectivity index (χ2n) is 15.1. The van der Waals surface area contributed by atoms with Gasteiger partial charge in [-0.15, -0.1) is 93.9 Å². The van der Waals surface area contributed by atoms with E-state index in [1.165, 1.54) is 134 Å². The molecule has 1 saturated carbocycles. The van der Waals surface area contributed by atoms with Gasteiger partial charge in [-0.25, -0.2) is 0 Å². The van der Waals surface area contributed by atoms with Crippen molar-refractivity contribution in [3.8, 4) is 22.3 Å². The molecule has 6 aromatic rings. The molecule has 1 aliphatic carbocycles. The second kappa shape index (κ2) is 23.0. The van der Waals surface area contributed by atoms with Gasteiger partial charge in [0.25, 0.3) is 0 Å². The van der Waals surface area contributed by atoms with Gasteiger partial charge in [-0.1, -0.05) is 139 Å². The predicted molar refractivity (Wildman–Crippen MR) is 240 cm³/mol. The first-order valence-electron chi connectivity index (χ1n) is 18.6. The van der Waals surface area contributed by atoms with Crippen molar-refractivity contribution in [1.82, 2.24) is 0 Å². The van der Waals surface area contributed by atoms with Crippen LogP contribution in [0.3, 0.4) is 0 Å². The van der Waals surface area contributed by atoms with Gasteiger partial charge < -0.3 is 14.9 Å². The number of benzene rings is 4. The number of rotatable bonds is 7. The molecule has 1 unspecified atom stereocenters. The first-order chi connectivity index (χ1) is 23.7. The van der Waals surface area contributed by atoms with E-state index >= 15 is 0 Å². The summed E-state index contributed by atoms with van der Waals surface area (Å²) < 4.78 is 0. The molecule has 0 spiro atoms. The molecule has 1 aliphatic rings. The first kappa shape index (κ1) is 48.8. The van der Waals surface area contributed by atoms with Gasteiger partial charge >= 0.3 is 30.2 Å². The van der Waals surface area contributed by atoms with Gasteiger partial charge in [-0.3, -0.25) is 0 Å². The van der Waals surface area contributed by atoms with Crippen molar-refractivity contribution in [2.45, 2.75) is 110 Å². The average Bonchev–Trinajstić information content (AvgIpc) is 3.78. The third kappa shape index (κ3) is 12.1. The van der Waals surface area contributed by atoms with Crippen molar-refractivity contribution in [2.24, 2.45) is 0 Å². The van der Waals surface area contributed by atoms with Crippen LogP contribution in [0.1, 0.15) is 121 Å². The molecule has 6 aromatic carbocycles. The molecule has 0 N–H and O–H groups in total. The Morgan fingerprint density at radius 2 is 1.21 bits per heavy atom. The van der Waals surface area contributed by atoms with Crippen LogP contribution in [0.25, 0.3) is 43.8 Å². The van der Waals surface area contributed by atoms with Crippen molar-refractivity contribution >= 4 is 53.2 Å². The van der Waals surface area contributed by atoms with E-state index in [-0.39, 0.29) is 45.1 Å². The summed E-state index contributed by atoms with van der Waals surface area (Å²) in [5.41, 5.74) is 11.4. The summed E-state index contributed by atoms with van der Waals surface area (Å²) in [4.78, 5) is 0. The Labute approximate surface area is 352 Å². The van der Waals surface area contributed by atoms with Crippen molar-refractivity contribution in [2.75, 3.05) is 0 Å². The summed E-state index contributed by atoms with van der Waals surface area (Å²) in [6.07, 6.45) is 10.6. The molecule has 0 amide bonds. The van der Waals surface area contributed by atoms with Crippen molar-refractivity contribution in [1.29, 1.82) is 0 Å². The summed E-state index contributed by atoms with van der Waals surface area (Å²) in [6.45, 7) is 16.7. The van der Waals surface area contributed by atoms with Gasteiger partial charge in [0.15, 0.2) is 0 Å². The number of hydrogen-bond acceptors (Lipinski definition) is 0. The Bertz CT molecular complexity index is 1920. The summed E-state index contributed by atoms with van der Waals surface area (Å²) in [6, 6.07) is 41.3. The van der Waals surface area contributed by atoms with E-state index in [1.54, 1.807) is 0 Å². The van der Waals surface area contributed by atoms with Crippen LogP contribution in [0.4, 0.5) is 0 Å². The molecule has 53 heavy (non-hydrogen) atoms. The zero-order valence-electron chi connectivity index (χ0n) is 33.5. The predicted octanol–water partition coefficient (Wildman–Crippen LogP) is 15.6. The maximum absolute atomic E-state index is 3.06. The Balaban J connectivity index is 0.000000472. The van der Waals surface area contributed by atoms with Crippen LogP contribution in [0.2, 0.25) is 0 Å². The summed E-state index contributed by atoms with van der Waals surface area (Å²) in [5, 5.41) is 5.52. The monoisotopic (exact) mass is 838 g/mol. The van der Waals surface area contributed by atoms with E-state index in [0.717, 1.165) is 12.3 Å². The molecular formula is C49H62Cl2SiZr-4. The van der Waals surface area contributed by atoms with Gasteiger partial charge in [0.2, 0.25) is 0 Å². The molecule has 0 aromatic heterocycles. The number of aryl methyl sites for hydroxylation is 1. The van der Waals surface area contributed by atoms with Crippen molar-refractivity contribution < 1.29 is 23.3 Å². The standard InChI is InChI=1S/C24H29.C23H25.2CH3.2ClH.Si.Zr/c1-6-8-17(2)20-15-19-9-7-10-22(23(19)16-20)18-11-13-21(14-12-18)24(3,4)5;1-2-17-15-21-9-6-10-22(23(21)16-17)20-13-11-19(12-14-20)18-7-4-3-5-8-18;;;;;;/h7,9-17H,6,8H2,1-5H3;6,9-16,18H,2-5,7-8H2,1H3;2*1H3;2*1H;;/q4*-1;;;;. The van der Waals surface area contributed by atoms with E-state index in [1.807, 2.05) is 0 Å². The van der Waals surface area contributed by atoms with E-state index in [4.69, 9.17) is 0 Å². The molecule has 1 fully saturated rings. The van der Waals surface area contributed by atoms with Crippen LogP contribution in [-0.2, 0) is 35.2 Å². The summed E-state index contributed by atoms with van der Waals surface area (Å²) in [7, 11) is 0. The van der Waals surface area contributed by atoms with Crippen LogP contribution in [0, 0.1) is 14.9 Å². The molecule has 0 aliphatic heterocycles. The van der Waals surface area contributed by atoms with Gasteiger partial charge in [0.1, 0.15) is 0 Å². The van der Waals surface area contributed by atoms with E-state index in [0.29, 0.717) is 5.92 Å². The first-order valence-corrected chi connectivity index (χ1v) is 22.8. The Kier molecular flexibility index (Phi) is 21.2. The van der Waals surface area contributed by atoms with Crippen LogP contribution in [0.15, 0.2) is 109 Å². The quantitative estimate of drug-likeness (QED) is 0.111. The Hall–Kier alpha value is -2.22. The summed E-state index contributed by atoms with van der Waals surface area (Å²) in [5.74, 6) is 1.43. The fourth-order valence-corrected chi connectivity index (χ4v) is 7.67. The summed E-state index contributed by atoms with van der Waals surface area (Å²) >= 11 is 1.36. The van der Waals surface area contributed by atoms with Gasteiger partial charge in [-0.05, 0) is 65.2 Å². The Morgan fingerprint density at radius 1 is 0.698 bits per heavy atom.